The Morgan fingerprint density at radius 2 is 2.10 bits per heavy atom. The Morgan fingerprint density at radius 1 is 1.33 bits per heavy atom. The first-order valence-electron chi connectivity index (χ1n) is 7.37. The number of amides is 1. The van der Waals surface area contributed by atoms with Crippen molar-refractivity contribution in [2.24, 2.45) is 5.92 Å². The van der Waals surface area contributed by atoms with Crippen LogP contribution in [-0.4, -0.2) is 33.4 Å². The molecule has 0 saturated carbocycles. The van der Waals surface area contributed by atoms with Crippen LogP contribution in [0.5, 0.6) is 0 Å². The molecule has 0 unspecified atom stereocenters. The maximum absolute atomic E-state index is 12.3. The largest absolute Gasteiger partial charge is 0.341 e. The number of hydrogen-bond donors (Lipinski definition) is 0. The molecule has 110 valence electrons. The summed E-state index contributed by atoms with van der Waals surface area (Å²) < 4.78 is 1.45. The molecule has 3 heterocycles. The van der Waals surface area contributed by atoms with Gasteiger partial charge in [0.2, 0.25) is 5.91 Å². The van der Waals surface area contributed by atoms with Gasteiger partial charge in [-0.05, 0) is 30.9 Å². The molecule has 2 aromatic rings. The fraction of sp³-hybridized carbons (Fsp3) is 0.438. The number of nitrogens with zero attached hydrogens (tertiary/aromatic N) is 3. The first-order valence-corrected chi connectivity index (χ1v) is 7.37. The Balaban J connectivity index is 1.80. The summed E-state index contributed by atoms with van der Waals surface area (Å²) in [5, 5.41) is 0.804. The van der Waals surface area contributed by atoms with Crippen LogP contribution in [-0.2, 0) is 11.3 Å². The minimum atomic E-state index is -0.202. The van der Waals surface area contributed by atoms with Gasteiger partial charge in [-0.2, -0.15) is 0 Å². The molecule has 0 bridgehead atoms. The summed E-state index contributed by atoms with van der Waals surface area (Å²) in [6.07, 6.45) is 5.36. The van der Waals surface area contributed by atoms with E-state index in [1.54, 1.807) is 18.5 Å². The van der Waals surface area contributed by atoms with Crippen molar-refractivity contribution >= 4 is 16.8 Å². The molecule has 1 aliphatic heterocycles. The number of fused-ring (bicyclic) bond motifs is 1. The monoisotopic (exact) mass is 285 g/mol. The van der Waals surface area contributed by atoms with Crippen molar-refractivity contribution in [1.82, 2.24) is 14.5 Å². The highest BCUT2D eigenvalue weighted by Crippen LogP contribution is 2.16. The van der Waals surface area contributed by atoms with Crippen molar-refractivity contribution in [2.45, 2.75) is 26.3 Å². The molecule has 1 fully saturated rings. The molecule has 0 aromatic carbocycles. The van der Waals surface area contributed by atoms with Gasteiger partial charge in [-0.25, -0.2) is 0 Å². The smallest absolute Gasteiger partial charge is 0.277 e. The van der Waals surface area contributed by atoms with Crippen LogP contribution in [0.4, 0.5) is 0 Å². The zero-order valence-electron chi connectivity index (χ0n) is 12.2. The van der Waals surface area contributed by atoms with E-state index in [0.717, 1.165) is 31.3 Å². The van der Waals surface area contributed by atoms with E-state index >= 15 is 0 Å². The van der Waals surface area contributed by atoms with E-state index in [-0.39, 0.29) is 18.0 Å². The average molecular weight is 285 g/mol. The van der Waals surface area contributed by atoms with E-state index in [4.69, 9.17) is 0 Å². The molecule has 5 heteroatoms. The number of likely N-dealkylation sites (tertiary alicyclic amines) is 1. The molecule has 0 N–H and O–H groups in total. The van der Waals surface area contributed by atoms with Crippen LogP contribution in [0.15, 0.2) is 35.4 Å². The van der Waals surface area contributed by atoms with Gasteiger partial charge in [-0.3, -0.25) is 14.6 Å². The molecular formula is C16H19N3O2. The lowest BCUT2D eigenvalue weighted by Crippen LogP contribution is -2.41. The van der Waals surface area contributed by atoms with Crippen molar-refractivity contribution in [2.75, 3.05) is 13.1 Å². The number of carbonyl (C=O) groups is 1. The normalized spacial score (nSPS) is 16.3. The van der Waals surface area contributed by atoms with Crippen molar-refractivity contribution < 1.29 is 4.79 Å². The maximum Gasteiger partial charge on any atom is 0.277 e. The number of rotatable bonds is 2. The molecule has 1 amide bonds. The molecule has 2 aromatic heterocycles. The summed E-state index contributed by atoms with van der Waals surface area (Å²) in [6, 6.07) is 5.48. The summed E-state index contributed by atoms with van der Waals surface area (Å²) >= 11 is 0. The number of pyridine rings is 2. The molecule has 0 radical (unpaired) electrons. The van der Waals surface area contributed by atoms with Gasteiger partial charge >= 0.3 is 0 Å². The standard InChI is InChI=1S/C16H19N3O2/c1-12-4-8-18(9-5-12)14(20)11-19-10-6-13-3-2-7-17-15(13)16(19)21/h2-3,6-7,10,12H,4-5,8-9,11H2,1H3. The molecule has 0 aliphatic carbocycles. The van der Waals surface area contributed by atoms with E-state index in [1.165, 1.54) is 4.57 Å². The minimum Gasteiger partial charge on any atom is -0.341 e. The minimum absolute atomic E-state index is 0.0132. The topological polar surface area (TPSA) is 55.2 Å². The number of aromatic nitrogens is 2. The Bertz CT molecular complexity index is 715. The fourth-order valence-electron chi connectivity index (χ4n) is 2.73. The van der Waals surface area contributed by atoms with Crippen LogP contribution in [0, 0.1) is 5.92 Å². The number of piperidine rings is 1. The fourth-order valence-corrected chi connectivity index (χ4v) is 2.73. The summed E-state index contributed by atoms with van der Waals surface area (Å²) in [7, 11) is 0. The lowest BCUT2D eigenvalue weighted by Gasteiger charge is -2.30. The van der Waals surface area contributed by atoms with E-state index in [1.807, 2.05) is 17.0 Å². The predicted molar refractivity (Wildman–Crippen MR) is 81.0 cm³/mol. The molecule has 0 spiro atoms. The average Bonchev–Trinajstić information content (AvgIpc) is 2.51. The quantitative estimate of drug-likeness (QED) is 0.843. The number of hydrogen-bond acceptors (Lipinski definition) is 3. The van der Waals surface area contributed by atoms with E-state index < -0.39 is 0 Å². The van der Waals surface area contributed by atoms with Crippen LogP contribution >= 0.6 is 0 Å². The zero-order chi connectivity index (χ0) is 14.8. The highest BCUT2D eigenvalue weighted by molar-refractivity contribution is 5.79. The van der Waals surface area contributed by atoms with Crippen molar-refractivity contribution in [3.63, 3.8) is 0 Å². The first-order chi connectivity index (χ1) is 10.1. The lowest BCUT2D eigenvalue weighted by molar-refractivity contribution is -0.133. The van der Waals surface area contributed by atoms with E-state index in [0.29, 0.717) is 11.4 Å². The van der Waals surface area contributed by atoms with Crippen molar-refractivity contribution in [3.8, 4) is 0 Å². The van der Waals surface area contributed by atoms with E-state index in [9.17, 15) is 9.59 Å². The van der Waals surface area contributed by atoms with Gasteiger partial charge in [0.05, 0.1) is 0 Å². The third-order valence-corrected chi connectivity index (χ3v) is 4.18. The third kappa shape index (κ3) is 2.82. The molecular weight excluding hydrogens is 266 g/mol. The van der Waals surface area contributed by atoms with Crippen LogP contribution in [0.2, 0.25) is 0 Å². The van der Waals surface area contributed by atoms with Crippen molar-refractivity contribution in [1.29, 1.82) is 0 Å². The van der Waals surface area contributed by atoms with Crippen molar-refractivity contribution in [3.05, 3.63) is 40.9 Å². The highest BCUT2D eigenvalue weighted by Gasteiger charge is 2.20. The molecule has 1 aliphatic rings. The number of carbonyl (C=O) groups excluding carboxylic acids is 1. The maximum atomic E-state index is 12.3. The van der Waals surface area contributed by atoms with Crippen LogP contribution < -0.4 is 5.56 Å². The Morgan fingerprint density at radius 3 is 2.86 bits per heavy atom. The summed E-state index contributed by atoms with van der Waals surface area (Å²) in [4.78, 5) is 30.6. The van der Waals surface area contributed by atoms with E-state index in [2.05, 4.69) is 11.9 Å². The van der Waals surface area contributed by atoms with Gasteiger partial charge in [0.1, 0.15) is 12.1 Å². The van der Waals surface area contributed by atoms with Gasteiger partial charge in [0.15, 0.2) is 0 Å². The Kier molecular flexibility index (Phi) is 3.73. The Labute approximate surface area is 123 Å². The van der Waals surface area contributed by atoms with Crippen LogP contribution in [0.3, 0.4) is 0 Å². The molecule has 0 atom stereocenters. The highest BCUT2D eigenvalue weighted by atomic mass is 16.2. The second-order valence-corrected chi connectivity index (χ2v) is 5.75. The van der Waals surface area contributed by atoms with Gasteiger partial charge in [0.25, 0.3) is 5.56 Å². The van der Waals surface area contributed by atoms with Gasteiger partial charge in [0, 0.05) is 30.9 Å². The molecule has 5 nitrogen and oxygen atoms in total. The van der Waals surface area contributed by atoms with Gasteiger partial charge in [-0.15, -0.1) is 0 Å². The summed E-state index contributed by atoms with van der Waals surface area (Å²) in [6.45, 7) is 3.89. The summed E-state index contributed by atoms with van der Waals surface area (Å²) in [5.41, 5.74) is 0.215. The van der Waals surface area contributed by atoms with Gasteiger partial charge in [-0.1, -0.05) is 13.0 Å². The second-order valence-electron chi connectivity index (χ2n) is 5.75. The zero-order valence-corrected chi connectivity index (χ0v) is 12.2. The molecule has 3 rings (SSSR count). The SMILES string of the molecule is CC1CCN(C(=O)Cn2ccc3cccnc3c2=O)CC1. The van der Waals surface area contributed by atoms with Gasteiger partial charge < -0.3 is 9.47 Å². The Hall–Kier alpha value is -2.17. The second kappa shape index (κ2) is 5.68. The summed E-state index contributed by atoms with van der Waals surface area (Å²) in [5.74, 6) is 0.695. The third-order valence-electron chi connectivity index (χ3n) is 4.18. The molecule has 21 heavy (non-hydrogen) atoms. The lowest BCUT2D eigenvalue weighted by atomic mass is 9.99. The molecule has 1 saturated heterocycles. The predicted octanol–water partition coefficient (Wildman–Crippen LogP) is 1.66. The van der Waals surface area contributed by atoms with Crippen LogP contribution in [0.25, 0.3) is 10.9 Å². The first kappa shape index (κ1) is 13.8. The van der Waals surface area contributed by atoms with Crippen LogP contribution in [0.1, 0.15) is 19.8 Å².